The zero-order valence-electron chi connectivity index (χ0n) is 11.2. The first kappa shape index (κ1) is 17.0. The van der Waals surface area contributed by atoms with E-state index in [0.29, 0.717) is 17.6 Å². The van der Waals surface area contributed by atoms with Crippen molar-refractivity contribution in [3.8, 4) is 0 Å². The minimum Gasteiger partial charge on any atom is -0.398 e. The Kier molecular flexibility index (Phi) is 5.48. The summed E-state index contributed by atoms with van der Waals surface area (Å²) in [6.45, 7) is 2.53. The number of anilines is 1. The molecule has 0 saturated heterocycles. The average molecular weight is 454 g/mol. The molecule has 0 atom stereocenters. The van der Waals surface area contributed by atoms with Gasteiger partial charge < -0.3 is 5.73 Å². The average Bonchev–Trinajstić information content (AvgIpc) is 2.84. The Morgan fingerprint density at radius 2 is 1.95 bits per heavy atom. The zero-order chi connectivity index (χ0) is 15.6. The highest BCUT2D eigenvalue weighted by Crippen LogP contribution is 2.29. The zero-order valence-corrected chi connectivity index (χ0v) is 16.0. The highest BCUT2D eigenvalue weighted by atomic mass is 79.9. The van der Waals surface area contributed by atoms with Crippen molar-refractivity contribution in [3.05, 3.63) is 43.5 Å². The lowest BCUT2D eigenvalue weighted by atomic mass is 10.3. The van der Waals surface area contributed by atoms with Crippen molar-refractivity contribution in [2.45, 2.75) is 18.4 Å². The number of rotatable bonds is 5. The number of nitrogens with two attached hydrogens (primary N) is 1. The van der Waals surface area contributed by atoms with Gasteiger partial charge in [-0.25, -0.2) is 8.42 Å². The summed E-state index contributed by atoms with van der Waals surface area (Å²) in [5.41, 5.74) is 6.09. The molecule has 0 spiro atoms. The summed E-state index contributed by atoms with van der Waals surface area (Å²) in [6.07, 6.45) is 0. The van der Waals surface area contributed by atoms with Gasteiger partial charge in [0.2, 0.25) is 10.0 Å². The lowest BCUT2D eigenvalue weighted by Crippen LogP contribution is -2.30. The number of benzene rings is 1. The Morgan fingerprint density at radius 1 is 1.24 bits per heavy atom. The Balaban J connectivity index is 2.37. The van der Waals surface area contributed by atoms with E-state index >= 15 is 0 Å². The van der Waals surface area contributed by atoms with E-state index in [9.17, 15) is 8.42 Å². The SMILES string of the molecule is CCN(Cc1ccc(Br)s1)S(=O)(=O)c1cc(Br)ccc1N. The van der Waals surface area contributed by atoms with Gasteiger partial charge in [-0.1, -0.05) is 22.9 Å². The van der Waals surface area contributed by atoms with Crippen molar-refractivity contribution in [1.82, 2.24) is 4.31 Å². The van der Waals surface area contributed by atoms with Gasteiger partial charge in [0.25, 0.3) is 0 Å². The van der Waals surface area contributed by atoms with Gasteiger partial charge in [0.15, 0.2) is 0 Å². The standard InChI is InChI=1S/C13H14Br2N2O2S2/c1-2-17(8-10-4-6-13(15)20-10)21(18,19)12-7-9(14)3-5-11(12)16/h3-7H,2,8,16H2,1H3. The fourth-order valence-corrected chi connectivity index (χ4v) is 5.51. The van der Waals surface area contributed by atoms with Gasteiger partial charge >= 0.3 is 0 Å². The molecule has 2 rings (SSSR count). The molecule has 2 N–H and O–H groups in total. The number of hydrogen-bond acceptors (Lipinski definition) is 4. The van der Waals surface area contributed by atoms with E-state index < -0.39 is 10.0 Å². The summed E-state index contributed by atoms with van der Waals surface area (Å²) < 4.78 is 28.6. The lowest BCUT2D eigenvalue weighted by Gasteiger charge is -2.21. The van der Waals surface area contributed by atoms with Crippen molar-refractivity contribution in [3.63, 3.8) is 0 Å². The van der Waals surface area contributed by atoms with Crippen LogP contribution in [0.25, 0.3) is 0 Å². The van der Waals surface area contributed by atoms with Crippen LogP contribution >= 0.6 is 43.2 Å². The summed E-state index contributed by atoms with van der Waals surface area (Å²) in [6, 6.07) is 8.68. The Bertz CT molecular complexity index is 744. The molecule has 0 unspecified atom stereocenters. The minimum absolute atomic E-state index is 0.134. The number of hydrogen-bond donors (Lipinski definition) is 1. The minimum atomic E-state index is -3.62. The Labute approximate surface area is 145 Å². The van der Waals surface area contributed by atoms with Crippen LogP contribution in [0.2, 0.25) is 0 Å². The van der Waals surface area contributed by atoms with E-state index in [2.05, 4.69) is 31.9 Å². The van der Waals surface area contributed by atoms with Crippen LogP contribution in [0.5, 0.6) is 0 Å². The monoisotopic (exact) mass is 452 g/mol. The van der Waals surface area contributed by atoms with Crippen molar-refractivity contribution in [2.75, 3.05) is 12.3 Å². The predicted octanol–water partition coefficient (Wildman–Crippen LogP) is 4.07. The molecule has 0 fully saturated rings. The van der Waals surface area contributed by atoms with Crippen LogP contribution in [-0.4, -0.2) is 19.3 Å². The van der Waals surface area contributed by atoms with Gasteiger partial charge in [-0.3, -0.25) is 0 Å². The van der Waals surface area contributed by atoms with Crippen LogP contribution in [-0.2, 0) is 16.6 Å². The third-order valence-electron chi connectivity index (χ3n) is 2.91. The molecular weight excluding hydrogens is 440 g/mol. The van der Waals surface area contributed by atoms with E-state index in [0.717, 1.165) is 8.66 Å². The molecule has 0 saturated carbocycles. The number of thiophene rings is 1. The summed E-state index contributed by atoms with van der Waals surface area (Å²) in [7, 11) is -3.62. The molecule has 1 aromatic heterocycles. The summed E-state index contributed by atoms with van der Waals surface area (Å²) in [5.74, 6) is 0. The van der Waals surface area contributed by atoms with Crippen molar-refractivity contribution in [1.29, 1.82) is 0 Å². The molecule has 114 valence electrons. The highest BCUT2D eigenvalue weighted by molar-refractivity contribution is 9.11. The second-order valence-corrected chi connectivity index (χ2v) is 9.69. The van der Waals surface area contributed by atoms with E-state index in [4.69, 9.17) is 5.73 Å². The molecule has 4 nitrogen and oxygen atoms in total. The molecular formula is C13H14Br2N2O2S2. The molecule has 0 aliphatic heterocycles. The third-order valence-corrected chi connectivity index (χ3v) is 6.99. The fourth-order valence-electron chi connectivity index (χ4n) is 1.85. The number of halogens is 2. The van der Waals surface area contributed by atoms with Crippen LogP contribution in [0.1, 0.15) is 11.8 Å². The first-order valence-corrected chi connectivity index (χ1v) is 9.98. The molecule has 21 heavy (non-hydrogen) atoms. The highest BCUT2D eigenvalue weighted by Gasteiger charge is 2.26. The summed E-state index contributed by atoms with van der Waals surface area (Å²) in [4.78, 5) is 1.11. The van der Waals surface area contributed by atoms with Gasteiger partial charge in [-0.15, -0.1) is 11.3 Å². The van der Waals surface area contributed by atoms with Gasteiger partial charge in [-0.05, 0) is 46.3 Å². The van der Waals surface area contributed by atoms with Crippen molar-refractivity contribution in [2.24, 2.45) is 0 Å². The van der Waals surface area contributed by atoms with Crippen molar-refractivity contribution < 1.29 is 8.42 Å². The van der Waals surface area contributed by atoms with E-state index in [-0.39, 0.29) is 10.6 Å². The van der Waals surface area contributed by atoms with Gasteiger partial charge in [0.1, 0.15) is 4.90 Å². The van der Waals surface area contributed by atoms with Crippen LogP contribution in [0.3, 0.4) is 0 Å². The fraction of sp³-hybridized carbons (Fsp3) is 0.231. The smallest absolute Gasteiger partial charge is 0.245 e. The third kappa shape index (κ3) is 3.87. The molecule has 1 aromatic carbocycles. The van der Waals surface area contributed by atoms with Crippen LogP contribution in [0.15, 0.2) is 43.5 Å². The largest absolute Gasteiger partial charge is 0.398 e. The number of nitrogen functional groups attached to an aromatic ring is 1. The second kappa shape index (κ2) is 6.78. The molecule has 2 aromatic rings. The number of sulfonamides is 1. The quantitative estimate of drug-likeness (QED) is 0.694. The summed E-state index contributed by atoms with van der Waals surface area (Å²) >= 11 is 8.19. The van der Waals surface area contributed by atoms with E-state index in [1.165, 1.54) is 21.7 Å². The second-order valence-electron chi connectivity index (χ2n) is 4.32. The molecule has 0 radical (unpaired) electrons. The predicted molar refractivity (Wildman–Crippen MR) is 93.8 cm³/mol. The normalized spacial score (nSPS) is 12.0. The molecule has 0 amide bonds. The van der Waals surface area contributed by atoms with Gasteiger partial charge in [0, 0.05) is 22.4 Å². The van der Waals surface area contributed by atoms with E-state index in [1.54, 1.807) is 12.1 Å². The Morgan fingerprint density at radius 3 is 2.52 bits per heavy atom. The van der Waals surface area contributed by atoms with Gasteiger partial charge in [-0.2, -0.15) is 4.31 Å². The summed E-state index contributed by atoms with van der Waals surface area (Å²) in [5, 5.41) is 0. The molecule has 1 heterocycles. The van der Waals surface area contributed by atoms with Crippen LogP contribution in [0.4, 0.5) is 5.69 Å². The van der Waals surface area contributed by atoms with Gasteiger partial charge in [0.05, 0.1) is 9.47 Å². The topological polar surface area (TPSA) is 63.4 Å². The Hall–Kier alpha value is -0.410. The maximum absolute atomic E-state index is 12.8. The van der Waals surface area contributed by atoms with Crippen LogP contribution in [0, 0.1) is 0 Å². The maximum Gasteiger partial charge on any atom is 0.245 e. The van der Waals surface area contributed by atoms with Crippen molar-refractivity contribution >= 4 is 58.9 Å². The van der Waals surface area contributed by atoms with Crippen LogP contribution < -0.4 is 5.73 Å². The lowest BCUT2D eigenvalue weighted by molar-refractivity contribution is 0.426. The van der Waals surface area contributed by atoms with E-state index in [1.807, 2.05) is 19.1 Å². The maximum atomic E-state index is 12.8. The molecule has 8 heteroatoms. The molecule has 0 aliphatic carbocycles. The molecule has 0 aliphatic rings. The first-order chi connectivity index (χ1) is 9.84. The molecule has 0 bridgehead atoms. The number of nitrogens with zero attached hydrogens (tertiary/aromatic N) is 1. The first-order valence-electron chi connectivity index (χ1n) is 6.14.